The van der Waals surface area contributed by atoms with Crippen molar-refractivity contribution in [2.24, 2.45) is 5.41 Å². The van der Waals surface area contributed by atoms with E-state index >= 15 is 0 Å². The number of ether oxygens (including phenoxy) is 2. The molecule has 0 radical (unpaired) electrons. The molecule has 0 aromatic heterocycles. The van der Waals surface area contributed by atoms with E-state index in [4.69, 9.17) is 9.47 Å². The molecule has 4 nitrogen and oxygen atoms in total. The molecule has 1 N–H and O–H groups in total. The summed E-state index contributed by atoms with van der Waals surface area (Å²) in [4.78, 5) is 2.41. The van der Waals surface area contributed by atoms with Crippen LogP contribution in [0.5, 0.6) is 11.5 Å². The smallest absolute Gasteiger partial charge is 0.422 e. The number of hydrogen-bond acceptors (Lipinski definition) is 4. The molecule has 2 saturated heterocycles. The molecule has 2 heterocycles. The monoisotopic (exact) mass is 394 g/mol. The molecule has 0 saturated carbocycles. The summed E-state index contributed by atoms with van der Waals surface area (Å²) in [5.41, 5.74) is 1.43. The van der Waals surface area contributed by atoms with Crippen molar-refractivity contribution in [2.45, 2.75) is 32.5 Å². The van der Waals surface area contributed by atoms with Crippen LogP contribution in [0.2, 0.25) is 0 Å². The molecule has 2 aliphatic heterocycles. The van der Waals surface area contributed by atoms with Gasteiger partial charge < -0.3 is 14.8 Å². The van der Waals surface area contributed by atoms with Crippen LogP contribution in [0.25, 0.3) is 0 Å². The van der Waals surface area contributed by atoms with Gasteiger partial charge in [0.1, 0.15) is 0 Å². The normalized spacial score (nSPS) is 23.2. The van der Waals surface area contributed by atoms with Gasteiger partial charge in [0.15, 0.2) is 18.1 Å². The Bertz CT molecular complexity index is 592. The molecule has 1 unspecified atom stereocenters. The maximum Gasteiger partial charge on any atom is 0.422 e. The number of nitrogens with zero attached hydrogens (tertiary/aromatic N) is 1. The second kappa shape index (κ2) is 8.67. The van der Waals surface area contributed by atoms with Gasteiger partial charge in [0.2, 0.25) is 0 Å². The van der Waals surface area contributed by atoms with E-state index in [9.17, 15) is 13.2 Å². The largest absolute Gasteiger partial charge is 0.490 e. The van der Waals surface area contributed by atoms with Gasteiger partial charge in [0.25, 0.3) is 0 Å². The standard InChI is InChI=1S/C18H25F3N2O2.ClH/c1-2-24-16-9-14(3-4-15(16)25-13-18(19,20)21)10-23-8-6-17(12-23)5-7-22-11-17;/h3-4,9,22H,2,5-8,10-13H2,1H3;1H. The molecule has 1 spiro atoms. The molecule has 26 heavy (non-hydrogen) atoms. The van der Waals surface area contributed by atoms with E-state index in [1.54, 1.807) is 19.1 Å². The Morgan fingerprint density at radius 1 is 1.19 bits per heavy atom. The minimum absolute atomic E-state index is 0. The first-order chi connectivity index (χ1) is 11.9. The number of alkyl halides is 3. The highest BCUT2D eigenvalue weighted by molar-refractivity contribution is 5.85. The summed E-state index contributed by atoms with van der Waals surface area (Å²) >= 11 is 0. The lowest BCUT2D eigenvalue weighted by Gasteiger charge is -2.23. The lowest BCUT2D eigenvalue weighted by molar-refractivity contribution is -0.153. The molecule has 1 atom stereocenters. The van der Waals surface area contributed by atoms with Crippen LogP contribution in [0.15, 0.2) is 18.2 Å². The minimum Gasteiger partial charge on any atom is -0.490 e. The van der Waals surface area contributed by atoms with Gasteiger partial charge in [0.05, 0.1) is 6.61 Å². The van der Waals surface area contributed by atoms with Crippen molar-refractivity contribution in [2.75, 3.05) is 39.4 Å². The molecule has 0 bridgehead atoms. The molecule has 2 aliphatic rings. The minimum atomic E-state index is -4.36. The van der Waals surface area contributed by atoms with Crippen molar-refractivity contribution in [1.82, 2.24) is 10.2 Å². The Balaban J connectivity index is 0.00000243. The average Bonchev–Trinajstić information content (AvgIpc) is 3.16. The number of likely N-dealkylation sites (tertiary alicyclic amines) is 1. The zero-order chi connectivity index (χ0) is 17.9. The Morgan fingerprint density at radius 3 is 2.65 bits per heavy atom. The predicted octanol–water partition coefficient (Wildman–Crippen LogP) is 3.63. The van der Waals surface area contributed by atoms with Gasteiger partial charge in [-0.1, -0.05) is 6.07 Å². The van der Waals surface area contributed by atoms with Crippen LogP contribution in [0.4, 0.5) is 13.2 Å². The molecule has 0 aliphatic carbocycles. The number of benzene rings is 1. The highest BCUT2D eigenvalue weighted by Crippen LogP contribution is 2.37. The summed E-state index contributed by atoms with van der Waals surface area (Å²) in [5, 5.41) is 3.44. The summed E-state index contributed by atoms with van der Waals surface area (Å²) in [5.74, 6) is 0.515. The Labute approximate surface area is 158 Å². The molecule has 8 heteroatoms. The topological polar surface area (TPSA) is 33.7 Å². The van der Waals surface area contributed by atoms with Crippen LogP contribution < -0.4 is 14.8 Å². The van der Waals surface area contributed by atoms with Gasteiger partial charge >= 0.3 is 6.18 Å². The van der Waals surface area contributed by atoms with Crippen LogP contribution in [-0.2, 0) is 6.54 Å². The molecule has 1 aromatic carbocycles. The number of halogens is 4. The number of rotatable bonds is 6. The SMILES string of the molecule is CCOc1cc(CN2CCC3(CCNC3)C2)ccc1OCC(F)(F)F.Cl. The van der Waals surface area contributed by atoms with Crippen molar-refractivity contribution in [1.29, 1.82) is 0 Å². The van der Waals surface area contributed by atoms with Gasteiger partial charge in [-0.3, -0.25) is 4.90 Å². The highest BCUT2D eigenvalue weighted by atomic mass is 35.5. The lowest BCUT2D eigenvalue weighted by Crippen LogP contribution is -2.28. The fraction of sp³-hybridized carbons (Fsp3) is 0.667. The summed E-state index contributed by atoms with van der Waals surface area (Å²) in [6.45, 7) is 5.94. The van der Waals surface area contributed by atoms with Gasteiger partial charge in [-0.2, -0.15) is 13.2 Å². The third-order valence-corrected chi connectivity index (χ3v) is 4.95. The lowest BCUT2D eigenvalue weighted by atomic mass is 9.86. The Kier molecular flexibility index (Phi) is 7.05. The fourth-order valence-electron chi connectivity index (χ4n) is 3.76. The fourth-order valence-corrected chi connectivity index (χ4v) is 3.76. The van der Waals surface area contributed by atoms with Gasteiger partial charge in [0, 0.05) is 19.6 Å². The molecular formula is C18H26ClF3N2O2. The molecule has 148 valence electrons. The van der Waals surface area contributed by atoms with Crippen LogP contribution in [0.1, 0.15) is 25.3 Å². The molecule has 3 rings (SSSR count). The second-order valence-corrected chi connectivity index (χ2v) is 7.01. The van der Waals surface area contributed by atoms with E-state index in [1.807, 2.05) is 6.07 Å². The zero-order valence-corrected chi connectivity index (χ0v) is 15.7. The van der Waals surface area contributed by atoms with Crippen LogP contribution in [0.3, 0.4) is 0 Å². The number of nitrogens with one attached hydrogen (secondary N) is 1. The molecule has 0 amide bonds. The van der Waals surface area contributed by atoms with E-state index in [0.29, 0.717) is 17.8 Å². The zero-order valence-electron chi connectivity index (χ0n) is 14.9. The molecule has 2 fully saturated rings. The summed E-state index contributed by atoms with van der Waals surface area (Å²) in [7, 11) is 0. The third-order valence-electron chi connectivity index (χ3n) is 4.95. The van der Waals surface area contributed by atoms with E-state index < -0.39 is 12.8 Å². The maximum absolute atomic E-state index is 12.4. The first kappa shape index (κ1) is 21.1. The summed E-state index contributed by atoms with van der Waals surface area (Å²) < 4.78 is 47.5. The summed E-state index contributed by atoms with van der Waals surface area (Å²) in [6.07, 6.45) is -1.94. The van der Waals surface area contributed by atoms with Gasteiger partial charge in [-0.25, -0.2) is 0 Å². The summed E-state index contributed by atoms with van der Waals surface area (Å²) in [6, 6.07) is 5.20. The van der Waals surface area contributed by atoms with E-state index in [0.717, 1.165) is 38.3 Å². The van der Waals surface area contributed by atoms with Crippen LogP contribution in [0, 0.1) is 5.41 Å². The predicted molar refractivity (Wildman–Crippen MR) is 96.2 cm³/mol. The third kappa shape index (κ3) is 5.41. The maximum atomic E-state index is 12.4. The first-order valence-electron chi connectivity index (χ1n) is 8.77. The van der Waals surface area contributed by atoms with Gasteiger partial charge in [-0.05, 0) is 56.0 Å². The van der Waals surface area contributed by atoms with Crippen molar-refractivity contribution < 1.29 is 22.6 Å². The Morgan fingerprint density at radius 2 is 2.00 bits per heavy atom. The van der Waals surface area contributed by atoms with Crippen molar-refractivity contribution >= 4 is 12.4 Å². The van der Waals surface area contributed by atoms with Gasteiger partial charge in [-0.15, -0.1) is 12.4 Å². The highest BCUT2D eigenvalue weighted by Gasteiger charge is 2.40. The molecule has 1 aromatic rings. The average molecular weight is 395 g/mol. The van der Waals surface area contributed by atoms with Crippen LogP contribution in [-0.4, -0.2) is 50.5 Å². The van der Waals surface area contributed by atoms with Crippen molar-refractivity contribution in [3.8, 4) is 11.5 Å². The van der Waals surface area contributed by atoms with Crippen molar-refractivity contribution in [3.05, 3.63) is 23.8 Å². The van der Waals surface area contributed by atoms with E-state index in [1.165, 1.54) is 12.8 Å². The molecular weight excluding hydrogens is 369 g/mol. The quantitative estimate of drug-likeness (QED) is 0.798. The van der Waals surface area contributed by atoms with E-state index in [2.05, 4.69) is 10.2 Å². The van der Waals surface area contributed by atoms with E-state index in [-0.39, 0.29) is 18.2 Å². The van der Waals surface area contributed by atoms with Crippen molar-refractivity contribution in [3.63, 3.8) is 0 Å². The Hall–Kier alpha value is -1.18. The van der Waals surface area contributed by atoms with Crippen LogP contribution >= 0.6 is 12.4 Å². The second-order valence-electron chi connectivity index (χ2n) is 7.01. The number of hydrogen-bond donors (Lipinski definition) is 1. The first-order valence-corrected chi connectivity index (χ1v) is 8.77.